The Kier molecular flexibility index (Phi) is 2.31. The molecule has 0 spiro atoms. The van der Waals surface area contributed by atoms with Crippen molar-refractivity contribution < 1.29 is 5.11 Å². The van der Waals surface area contributed by atoms with Crippen molar-refractivity contribution in [1.82, 2.24) is 10.2 Å². The van der Waals surface area contributed by atoms with Gasteiger partial charge in [-0.25, -0.2) is 0 Å². The third-order valence-electron chi connectivity index (χ3n) is 3.58. The summed E-state index contributed by atoms with van der Waals surface area (Å²) < 4.78 is 0. The Morgan fingerprint density at radius 1 is 1.19 bits per heavy atom. The average molecular weight is 216 g/mol. The number of rotatable bonds is 1. The summed E-state index contributed by atoms with van der Waals surface area (Å²) in [5.41, 5.74) is 2.17. The summed E-state index contributed by atoms with van der Waals surface area (Å²) in [7, 11) is 0. The first-order chi connectivity index (χ1) is 7.84. The van der Waals surface area contributed by atoms with E-state index in [1.807, 2.05) is 12.1 Å². The molecule has 0 amide bonds. The molecule has 0 unspecified atom stereocenters. The van der Waals surface area contributed by atoms with Crippen LogP contribution >= 0.6 is 0 Å². The number of fused-ring (bicyclic) bond motifs is 1. The van der Waals surface area contributed by atoms with Gasteiger partial charge in [-0.2, -0.15) is 5.10 Å². The Morgan fingerprint density at radius 3 is 2.81 bits per heavy atom. The molecular weight excluding hydrogens is 200 g/mol. The van der Waals surface area contributed by atoms with E-state index in [9.17, 15) is 5.11 Å². The number of hydrogen-bond donors (Lipinski definition) is 2. The van der Waals surface area contributed by atoms with Crippen LogP contribution in [0.5, 0.6) is 5.75 Å². The summed E-state index contributed by atoms with van der Waals surface area (Å²) >= 11 is 0. The molecule has 1 saturated carbocycles. The van der Waals surface area contributed by atoms with Gasteiger partial charge in [0.15, 0.2) is 0 Å². The van der Waals surface area contributed by atoms with Crippen LogP contribution < -0.4 is 0 Å². The van der Waals surface area contributed by atoms with Crippen molar-refractivity contribution in [3.63, 3.8) is 0 Å². The molecule has 0 bridgehead atoms. The van der Waals surface area contributed by atoms with Gasteiger partial charge in [0.2, 0.25) is 0 Å². The topological polar surface area (TPSA) is 48.9 Å². The molecule has 0 radical (unpaired) electrons. The van der Waals surface area contributed by atoms with Crippen molar-refractivity contribution >= 4 is 10.9 Å². The second-order valence-electron chi connectivity index (χ2n) is 4.67. The smallest absolute Gasteiger partial charge is 0.116 e. The first-order valence-electron chi connectivity index (χ1n) is 6.01. The highest BCUT2D eigenvalue weighted by molar-refractivity contribution is 5.83. The van der Waals surface area contributed by atoms with Crippen molar-refractivity contribution in [1.29, 1.82) is 0 Å². The highest BCUT2D eigenvalue weighted by Gasteiger charge is 2.19. The maximum atomic E-state index is 9.53. The number of benzene rings is 1. The lowest BCUT2D eigenvalue weighted by Gasteiger charge is -2.20. The van der Waals surface area contributed by atoms with E-state index < -0.39 is 0 Å². The maximum Gasteiger partial charge on any atom is 0.116 e. The molecule has 1 aromatic carbocycles. The Bertz CT molecular complexity index is 498. The first-order valence-corrected chi connectivity index (χ1v) is 6.01. The Morgan fingerprint density at radius 2 is 2.00 bits per heavy atom. The predicted molar refractivity (Wildman–Crippen MR) is 63.6 cm³/mol. The molecule has 0 atom stereocenters. The van der Waals surface area contributed by atoms with E-state index in [1.165, 1.54) is 37.8 Å². The van der Waals surface area contributed by atoms with Gasteiger partial charge in [-0.3, -0.25) is 5.10 Å². The molecular formula is C13H16N2O. The van der Waals surface area contributed by atoms with E-state index in [0.717, 1.165) is 10.9 Å². The first kappa shape index (κ1) is 9.70. The molecule has 1 aliphatic rings. The quantitative estimate of drug-likeness (QED) is 0.768. The number of nitrogens with one attached hydrogen (secondary N) is 1. The van der Waals surface area contributed by atoms with Gasteiger partial charge in [0.25, 0.3) is 0 Å². The fourth-order valence-electron chi connectivity index (χ4n) is 2.72. The van der Waals surface area contributed by atoms with Crippen LogP contribution in [-0.2, 0) is 0 Å². The molecule has 1 fully saturated rings. The van der Waals surface area contributed by atoms with Crippen molar-refractivity contribution in [3.8, 4) is 5.75 Å². The lowest BCUT2D eigenvalue weighted by Crippen LogP contribution is -2.05. The third kappa shape index (κ3) is 1.56. The monoisotopic (exact) mass is 216 g/mol. The van der Waals surface area contributed by atoms with Gasteiger partial charge in [-0.05, 0) is 31.0 Å². The number of H-pyrrole nitrogens is 1. The molecule has 3 nitrogen and oxygen atoms in total. The fraction of sp³-hybridized carbons (Fsp3) is 0.462. The minimum Gasteiger partial charge on any atom is -0.508 e. The minimum absolute atomic E-state index is 0.325. The maximum absolute atomic E-state index is 9.53. The van der Waals surface area contributed by atoms with Gasteiger partial charge in [-0.1, -0.05) is 19.3 Å². The van der Waals surface area contributed by atoms with Gasteiger partial charge in [0.1, 0.15) is 5.75 Å². The molecule has 3 rings (SSSR count). The Balaban J connectivity index is 2.05. The van der Waals surface area contributed by atoms with Crippen molar-refractivity contribution in [2.45, 2.75) is 38.0 Å². The summed E-state index contributed by atoms with van der Waals surface area (Å²) in [6, 6.07) is 5.38. The second-order valence-corrected chi connectivity index (χ2v) is 4.67. The number of aromatic nitrogens is 2. The van der Waals surface area contributed by atoms with Crippen LogP contribution in [0.2, 0.25) is 0 Å². The summed E-state index contributed by atoms with van der Waals surface area (Å²) in [6.07, 6.45) is 6.46. The number of aromatic amines is 1. The lowest BCUT2D eigenvalue weighted by molar-refractivity contribution is 0.438. The molecule has 0 saturated heterocycles. The van der Waals surface area contributed by atoms with Gasteiger partial charge in [0.05, 0.1) is 5.52 Å². The molecule has 1 heterocycles. The number of phenols is 1. The predicted octanol–water partition coefficient (Wildman–Crippen LogP) is 3.32. The summed E-state index contributed by atoms with van der Waals surface area (Å²) in [5.74, 6) is 0.923. The standard InChI is InChI=1S/C13H16N2O/c16-10-6-7-12-11(8-10)13(15-14-12)9-4-2-1-3-5-9/h6-9,16H,1-5H2,(H,14,15). The van der Waals surface area contributed by atoms with Gasteiger partial charge in [-0.15, -0.1) is 0 Å². The normalized spacial score (nSPS) is 18.0. The van der Waals surface area contributed by atoms with Crippen LogP contribution in [-0.4, -0.2) is 15.3 Å². The Hall–Kier alpha value is -1.51. The highest BCUT2D eigenvalue weighted by atomic mass is 16.3. The zero-order valence-electron chi connectivity index (χ0n) is 9.24. The van der Waals surface area contributed by atoms with Crippen molar-refractivity contribution in [2.75, 3.05) is 0 Å². The number of hydrogen-bond acceptors (Lipinski definition) is 2. The number of aromatic hydroxyl groups is 1. The zero-order valence-corrected chi connectivity index (χ0v) is 9.24. The summed E-state index contributed by atoms with van der Waals surface area (Å²) in [4.78, 5) is 0. The van der Waals surface area contributed by atoms with E-state index >= 15 is 0 Å². The average Bonchev–Trinajstić information content (AvgIpc) is 2.73. The Labute approximate surface area is 94.5 Å². The summed E-state index contributed by atoms with van der Waals surface area (Å²) in [6.45, 7) is 0. The van der Waals surface area contributed by atoms with Crippen molar-refractivity contribution in [3.05, 3.63) is 23.9 Å². The lowest BCUT2D eigenvalue weighted by atomic mass is 9.86. The van der Waals surface area contributed by atoms with E-state index in [-0.39, 0.29) is 0 Å². The van der Waals surface area contributed by atoms with Crippen LogP contribution in [0.3, 0.4) is 0 Å². The van der Waals surface area contributed by atoms with Gasteiger partial charge in [0, 0.05) is 17.0 Å². The molecule has 84 valence electrons. The minimum atomic E-state index is 0.325. The highest BCUT2D eigenvalue weighted by Crippen LogP contribution is 2.35. The zero-order chi connectivity index (χ0) is 11.0. The number of phenolic OH excluding ortho intramolecular Hbond substituents is 1. The van der Waals surface area contributed by atoms with Crippen LogP contribution in [0.4, 0.5) is 0 Å². The molecule has 1 aromatic heterocycles. The van der Waals surface area contributed by atoms with Crippen LogP contribution in [0.15, 0.2) is 18.2 Å². The van der Waals surface area contributed by atoms with Crippen LogP contribution in [0.25, 0.3) is 10.9 Å². The molecule has 16 heavy (non-hydrogen) atoms. The van der Waals surface area contributed by atoms with Crippen LogP contribution in [0.1, 0.15) is 43.7 Å². The van der Waals surface area contributed by atoms with Gasteiger partial charge >= 0.3 is 0 Å². The van der Waals surface area contributed by atoms with E-state index in [4.69, 9.17) is 0 Å². The molecule has 0 aliphatic heterocycles. The molecule has 2 aromatic rings. The fourth-order valence-corrected chi connectivity index (χ4v) is 2.72. The second kappa shape index (κ2) is 3.81. The summed E-state index contributed by atoms with van der Waals surface area (Å²) in [5, 5.41) is 18.1. The van der Waals surface area contributed by atoms with Gasteiger partial charge < -0.3 is 5.11 Å². The molecule has 3 heteroatoms. The third-order valence-corrected chi connectivity index (χ3v) is 3.58. The van der Waals surface area contributed by atoms with E-state index in [1.54, 1.807) is 6.07 Å². The van der Waals surface area contributed by atoms with E-state index in [2.05, 4.69) is 10.2 Å². The van der Waals surface area contributed by atoms with Crippen molar-refractivity contribution in [2.24, 2.45) is 0 Å². The van der Waals surface area contributed by atoms with E-state index in [0.29, 0.717) is 11.7 Å². The SMILES string of the molecule is Oc1ccc2n[nH]c(C3CCCCC3)c2c1. The molecule has 1 aliphatic carbocycles. The molecule has 2 N–H and O–H groups in total. The van der Waals surface area contributed by atoms with Crippen LogP contribution in [0, 0.1) is 0 Å². The largest absolute Gasteiger partial charge is 0.508 e. The number of nitrogens with zero attached hydrogens (tertiary/aromatic N) is 1.